The summed E-state index contributed by atoms with van der Waals surface area (Å²) in [6, 6.07) is 3.59. The first-order valence-corrected chi connectivity index (χ1v) is 14.7. The Morgan fingerprint density at radius 1 is 1.17 bits per heavy atom. The number of halogens is 4. The molecule has 2 N–H and O–H groups in total. The van der Waals surface area contributed by atoms with Gasteiger partial charge in [0.25, 0.3) is 5.91 Å². The average molecular weight is 626 g/mol. The summed E-state index contributed by atoms with van der Waals surface area (Å²) in [6.45, 7) is 3.68. The second-order valence-electron chi connectivity index (χ2n) is 10.1. The van der Waals surface area contributed by atoms with Crippen LogP contribution in [0.15, 0.2) is 29.6 Å². The molecule has 0 aliphatic carbocycles. The maximum atomic E-state index is 13.6. The molecule has 0 aromatic carbocycles. The van der Waals surface area contributed by atoms with Crippen LogP contribution in [0.2, 0.25) is 5.15 Å². The summed E-state index contributed by atoms with van der Waals surface area (Å²) in [6.07, 6.45) is 4.55. The highest BCUT2D eigenvalue weighted by Crippen LogP contribution is 2.39. The Morgan fingerprint density at radius 3 is 2.79 bits per heavy atom. The minimum absolute atomic E-state index is 0.0293. The number of imidazole rings is 1. The number of fused-ring (bicyclic) bond motifs is 4. The molecule has 5 heterocycles. The fourth-order valence-corrected chi connectivity index (χ4v) is 6.00. The summed E-state index contributed by atoms with van der Waals surface area (Å²) >= 11 is 6.06. The molecule has 0 saturated carbocycles. The van der Waals surface area contributed by atoms with Crippen molar-refractivity contribution in [2.75, 3.05) is 58.4 Å². The molecule has 3 aromatic rings. The van der Waals surface area contributed by atoms with E-state index in [0.717, 1.165) is 25.9 Å². The Morgan fingerprint density at radius 2 is 1.98 bits per heavy atom. The van der Waals surface area contributed by atoms with Gasteiger partial charge in [-0.3, -0.25) is 13.9 Å². The Labute approximate surface area is 250 Å². The van der Waals surface area contributed by atoms with Gasteiger partial charge in [-0.05, 0) is 50.4 Å². The van der Waals surface area contributed by atoms with Gasteiger partial charge in [0.15, 0.2) is 5.65 Å². The van der Waals surface area contributed by atoms with Crippen LogP contribution >= 0.6 is 23.4 Å². The number of hydrogen-bond acceptors (Lipinski definition) is 8. The van der Waals surface area contributed by atoms with Crippen molar-refractivity contribution in [1.29, 1.82) is 0 Å². The minimum Gasteiger partial charge on any atom is -0.379 e. The molecular weight excluding hydrogens is 595 g/mol. The molecular formula is C27H31ClF3N7O3S. The molecule has 2 aliphatic heterocycles. The average Bonchev–Trinajstić information content (AvgIpc) is 3.48. The van der Waals surface area contributed by atoms with E-state index in [1.54, 1.807) is 12.3 Å². The fourth-order valence-electron chi connectivity index (χ4n) is 5.08. The zero-order chi connectivity index (χ0) is 29.7. The number of carbonyl (C=O) groups is 1. The van der Waals surface area contributed by atoms with E-state index < -0.39 is 11.4 Å². The number of hydrogen-bond donors (Lipinski definition) is 2. The largest absolute Gasteiger partial charge is 0.447 e. The molecule has 0 radical (unpaired) electrons. The van der Waals surface area contributed by atoms with Gasteiger partial charge in [-0.2, -0.15) is 18.3 Å². The minimum atomic E-state index is -4.55. The number of alkyl halides is 3. The van der Waals surface area contributed by atoms with Crippen molar-refractivity contribution in [2.24, 2.45) is 5.92 Å². The van der Waals surface area contributed by atoms with E-state index in [-0.39, 0.29) is 51.7 Å². The molecule has 1 saturated heterocycles. The van der Waals surface area contributed by atoms with Crippen LogP contribution < -0.4 is 10.6 Å². The Kier molecular flexibility index (Phi) is 9.85. The van der Waals surface area contributed by atoms with E-state index >= 15 is 0 Å². The van der Waals surface area contributed by atoms with Gasteiger partial charge in [0, 0.05) is 37.2 Å². The summed E-state index contributed by atoms with van der Waals surface area (Å²) in [7, 11) is 2.08. The molecule has 1 fully saturated rings. The number of ether oxygens (including phenoxy) is 2. The van der Waals surface area contributed by atoms with Crippen molar-refractivity contribution >= 4 is 40.6 Å². The van der Waals surface area contributed by atoms with Gasteiger partial charge >= 0.3 is 5.51 Å². The summed E-state index contributed by atoms with van der Waals surface area (Å²) in [4.78, 5) is 19.4. The molecule has 4 bridgehead atoms. The van der Waals surface area contributed by atoms with Crippen LogP contribution in [0, 0.1) is 17.8 Å². The molecule has 42 heavy (non-hydrogen) atoms. The topological polar surface area (TPSA) is 98.0 Å². The van der Waals surface area contributed by atoms with Crippen LogP contribution in [0.1, 0.15) is 28.9 Å². The predicted molar refractivity (Wildman–Crippen MR) is 153 cm³/mol. The van der Waals surface area contributed by atoms with Crippen LogP contribution in [-0.2, 0) is 16.0 Å². The zero-order valence-corrected chi connectivity index (χ0v) is 24.5. The second-order valence-corrected chi connectivity index (χ2v) is 11.5. The van der Waals surface area contributed by atoms with Crippen molar-refractivity contribution in [3.8, 4) is 11.8 Å². The number of likely N-dealkylation sites (tertiary alicyclic amines) is 1. The molecule has 0 spiro atoms. The number of amides is 1. The molecule has 1 amide bonds. The highest BCUT2D eigenvalue weighted by Gasteiger charge is 2.34. The van der Waals surface area contributed by atoms with Crippen LogP contribution in [0.3, 0.4) is 0 Å². The van der Waals surface area contributed by atoms with E-state index in [0.29, 0.717) is 44.3 Å². The van der Waals surface area contributed by atoms with Crippen molar-refractivity contribution in [1.82, 2.24) is 29.4 Å². The number of aromatic nitrogens is 4. The lowest BCUT2D eigenvalue weighted by atomic mass is 9.89. The summed E-state index contributed by atoms with van der Waals surface area (Å²) in [5.74, 6) is 5.19. The summed E-state index contributed by atoms with van der Waals surface area (Å²) in [5, 5.41) is 10.3. The number of anilines is 1. The van der Waals surface area contributed by atoms with E-state index in [9.17, 15) is 18.0 Å². The molecule has 226 valence electrons. The van der Waals surface area contributed by atoms with E-state index in [2.05, 4.69) is 44.5 Å². The molecule has 5 rings (SSSR count). The van der Waals surface area contributed by atoms with Gasteiger partial charge in [0.1, 0.15) is 15.9 Å². The zero-order valence-electron chi connectivity index (χ0n) is 22.9. The highest BCUT2D eigenvalue weighted by molar-refractivity contribution is 8.00. The number of rotatable bonds is 1. The van der Waals surface area contributed by atoms with Gasteiger partial charge < -0.3 is 25.0 Å². The SMILES string of the molecule is CN1CC[C@@H]2Nc3cccn4c(SC(F)(F)F)c(nc34)C#CCNC(=O)c3cnn(c3Cl)CCOCCOCC[C@H]2C1. The molecule has 2 aliphatic rings. The van der Waals surface area contributed by atoms with Crippen molar-refractivity contribution in [3.05, 3.63) is 40.9 Å². The van der Waals surface area contributed by atoms with E-state index in [1.165, 1.54) is 15.3 Å². The van der Waals surface area contributed by atoms with Crippen molar-refractivity contribution in [2.45, 2.75) is 36.0 Å². The van der Waals surface area contributed by atoms with Gasteiger partial charge in [-0.25, -0.2) is 4.98 Å². The lowest BCUT2D eigenvalue weighted by molar-refractivity contribution is -0.0330. The Bertz CT molecular complexity index is 1470. The first kappa shape index (κ1) is 30.5. The lowest BCUT2D eigenvalue weighted by Crippen LogP contribution is -2.45. The Balaban J connectivity index is 1.46. The molecule has 3 aromatic heterocycles. The van der Waals surface area contributed by atoms with Crippen LogP contribution in [0.25, 0.3) is 5.65 Å². The van der Waals surface area contributed by atoms with Gasteiger partial charge in [0.05, 0.1) is 50.4 Å². The predicted octanol–water partition coefficient (Wildman–Crippen LogP) is 3.75. The van der Waals surface area contributed by atoms with E-state index in [1.807, 2.05) is 6.07 Å². The van der Waals surface area contributed by atoms with Gasteiger partial charge in [-0.15, -0.1) is 0 Å². The lowest BCUT2D eigenvalue weighted by Gasteiger charge is -2.37. The smallest absolute Gasteiger partial charge is 0.379 e. The number of piperidine rings is 1. The number of carbonyl (C=O) groups excluding carboxylic acids is 1. The molecule has 2 atom stereocenters. The van der Waals surface area contributed by atoms with Crippen LogP contribution in [0.4, 0.5) is 18.9 Å². The first-order chi connectivity index (χ1) is 20.2. The summed E-state index contributed by atoms with van der Waals surface area (Å²) < 4.78 is 55.1. The third-order valence-electron chi connectivity index (χ3n) is 7.11. The Hall–Kier alpha value is -2.96. The molecule has 15 heteroatoms. The number of nitrogens with one attached hydrogen (secondary N) is 2. The third-order valence-corrected chi connectivity index (χ3v) is 8.33. The number of thioether (sulfide) groups is 1. The van der Waals surface area contributed by atoms with E-state index in [4.69, 9.17) is 21.1 Å². The maximum absolute atomic E-state index is 13.6. The van der Waals surface area contributed by atoms with Crippen molar-refractivity contribution in [3.63, 3.8) is 0 Å². The van der Waals surface area contributed by atoms with Crippen LogP contribution in [-0.4, -0.2) is 94.6 Å². The number of nitrogens with zero attached hydrogens (tertiary/aromatic N) is 5. The molecule has 0 unspecified atom stereocenters. The molecule has 10 nitrogen and oxygen atoms in total. The monoisotopic (exact) mass is 625 g/mol. The van der Waals surface area contributed by atoms with Crippen molar-refractivity contribution < 1.29 is 27.4 Å². The van der Waals surface area contributed by atoms with Gasteiger partial charge in [-0.1, -0.05) is 17.5 Å². The third kappa shape index (κ3) is 7.51. The van der Waals surface area contributed by atoms with Gasteiger partial charge in [0.2, 0.25) is 0 Å². The first-order valence-electron chi connectivity index (χ1n) is 13.6. The fraction of sp³-hybridized carbons (Fsp3) is 0.519. The highest BCUT2D eigenvalue weighted by atomic mass is 35.5. The van der Waals surface area contributed by atoms with Crippen LogP contribution in [0.5, 0.6) is 0 Å². The second kappa shape index (κ2) is 13.6. The number of pyridine rings is 1. The maximum Gasteiger partial charge on any atom is 0.447 e. The quantitative estimate of drug-likeness (QED) is 0.312. The standard InChI is InChI=1S/C27H31ClF3N7O3S/c1-36-10-6-20-18(17-36)7-12-40-14-15-41-13-11-38-23(28)19(16-33-38)25(39)32-8-2-4-22-26(42-27(29,30)31)37-9-3-5-21(34-20)24(37)35-22/h3,5,9,16,18,20,34H,6-8,10-15,17H2,1H3,(H,32,39)/t18-,20-/m0/s1. The summed E-state index contributed by atoms with van der Waals surface area (Å²) in [5.41, 5.74) is -3.45. The normalized spacial score (nSPS) is 21.7.